The minimum Gasteiger partial charge on any atom is -0.339 e. The maximum Gasteiger partial charge on any atom is 0.232 e. The van der Waals surface area contributed by atoms with Gasteiger partial charge >= 0.3 is 0 Å². The average molecular weight is 247 g/mol. The molecule has 94 valence electrons. The average Bonchev–Trinajstić information content (AvgIpc) is 3.08. The molecule has 1 aliphatic heterocycles. The Kier molecular flexibility index (Phi) is 2.58. The van der Waals surface area contributed by atoms with E-state index < -0.39 is 0 Å². The van der Waals surface area contributed by atoms with Gasteiger partial charge in [0.15, 0.2) is 5.82 Å². The van der Waals surface area contributed by atoms with Crippen LogP contribution in [0.4, 0.5) is 5.69 Å². The number of nitrogens with zero attached hydrogens (tertiary/aromatic N) is 4. The number of hydrogen-bond acceptors (Lipinski definition) is 5. The highest BCUT2D eigenvalue weighted by Crippen LogP contribution is 2.30. The van der Waals surface area contributed by atoms with Crippen LogP contribution in [0.1, 0.15) is 31.0 Å². The van der Waals surface area contributed by atoms with Gasteiger partial charge in [-0.15, -0.1) is 0 Å². The molecule has 0 aromatic carbocycles. The largest absolute Gasteiger partial charge is 0.339 e. The smallest absolute Gasteiger partial charge is 0.232 e. The third-order valence-corrected chi connectivity index (χ3v) is 3.07. The van der Waals surface area contributed by atoms with Gasteiger partial charge in [0.1, 0.15) is 0 Å². The van der Waals surface area contributed by atoms with Gasteiger partial charge in [-0.3, -0.25) is 9.89 Å². The van der Waals surface area contributed by atoms with E-state index in [1.54, 1.807) is 17.3 Å². The van der Waals surface area contributed by atoms with E-state index in [0.717, 1.165) is 12.1 Å². The Morgan fingerprint density at radius 1 is 1.61 bits per heavy atom. The third-order valence-electron chi connectivity index (χ3n) is 3.07. The van der Waals surface area contributed by atoms with E-state index in [-0.39, 0.29) is 11.8 Å². The topological polar surface area (TPSA) is 87.9 Å². The predicted octanol–water partition coefficient (Wildman–Crippen LogP) is 0.876. The Labute approximate surface area is 103 Å². The van der Waals surface area contributed by atoms with Gasteiger partial charge in [-0.1, -0.05) is 12.1 Å². The van der Waals surface area contributed by atoms with Crippen LogP contribution < -0.4 is 4.90 Å². The summed E-state index contributed by atoms with van der Waals surface area (Å²) in [6.45, 7) is 2.52. The van der Waals surface area contributed by atoms with Crippen LogP contribution in [-0.4, -0.2) is 32.8 Å². The molecule has 7 heteroatoms. The third kappa shape index (κ3) is 1.77. The van der Waals surface area contributed by atoms with Crippen molar-refractivity contribution in [2.24, 2.45) is 0 Å². The molecule has 1 aliphatic rings. The lowest BCUT2D eigenvalue weighted by Crippen LogP contribution is -2.23. The molecule has 1 amide bonds. The van der Waals surface area contributed by atoms with Crippen molar-refractivity contribution < 1.29 is 9.32 Å². The molecule has 0 saturated carbocycles. The minimum atomic E-state index is -0.0276. The van der Waals surface area contributed by atoms with Crippen molar-refractivity contribution in [2.75, 3.05) is 11.4 Å². The van der Waals surface area contributed by atoms with Gasteiger partial charge in [0.2, 0.25) is 11.8 Å². The van der Waals surface area contributed by atoms with E-state index in [4.69, 9.17) is 4.52 Å². The maximum atomic E-state index is 11.9. The SMILES string of the molecule is CCc1noc(C2CC(=O)N(c3cn[nH]c3)C2)n1. The highest BCUT2D eigenvalue weighted by molar-refractivity contribution is 5.96. The molecule has 18 heavy (non-hydrogen) atoms. The molecule has 3 rings (SSSR count). The zero-order valence-corrected chi connectivity index (χ0v) is 9.96. The molecule has 0 aliphatic carbocycles. The lowest BCUT2D eigenvalue weighted by atomic mass is 10.1. The fourth-order valence-corrected chi connectivity index (χ4v) is 2.09. The summed E-state index contributed by atoms with van der Waals surface area (Å²) in [6, 6.07) is 0. The highest BCUT2D eigenvalue weighted by Gasteiger charge is 2.35. The molecular formula is C11H13N5O2. The number of amides is 1. The normalized spacial score (nSPS) is 19.7. The number of H-pyrrole nitrogens is 1. The van der Waals surface area contributed by atoms with Crippen molar-refractivity contribution in [3.63, 3.8) is 0 Å². The number of aryl methyl sites for hydroxylation is 1. The monoisotopic (exact) mass is 247 g/mol. The standard InChI is InChI=1S/C11H13N5O2/c1-2-9-14-11(18-15-9)7-3-10(17)16(6-7)8-4-12-13-5-8/h4-5,7H,2-3,6H2,1H3,(H,12,13). The lowest BCUT2D eigenvalue weighted by Gasteiger charge is -2.12. The second-order valence-electron chi connectivity index (χ2n) is 4.26. The lowest BCUT2D eigenvalue weighted by molar-refractivity contribution is -0.117. The van der Waals surface area contributed by atoms with E-state index in [9.17, 15) is 4.79 Å². The van der Waals surface area contributed by atoms with Crippen molar-refractivity contribution in [1.82, 2.24) is 20.3 Å². The van der Waals surface area contributed by atoms with Gasteiger partial charge in [0, 0.05) is 25.6 Å². The van der Waals surface area contributed by atoms with E-state index in [2.05, 4.69) is 20.3 Å². The number of aromatic amines is 1. The Morgan fingerprint density at radius 3 is 3.17 bits per heavy atom. The Hall–Kier alpha value is -2.18. The summed E-state index contributed by atoms with van der Waals surface area (Å²) >= 11 is 0. The summed E-state index contributed by atoms with van der Waals surface area (Å²) in [5.41, 5.74) is 0.776. The van der Waals surface area contributed by atoms with Crippen LogP contribution in [0, 0.1) is 0 Å². The van der Waals surface area contributed by atoms with Crippen molar-refractivity contribution in [3.05, 3.63) is 24.1 Å². The van der Waals surface area contributed by atoms with E-state index >= 15 is 0 Å². The first-order valence-electron chi connectivity index (χ1n) is 5.89. The zero-order chi connectivity index (χ0) is 12.5. The van der Waals surface area contributed by atoms with Crippen LogP contribution in [0.25, 0.3) is 0 Å². The zero-order valence-electron chi connectivity index (χ0n) is 9.96. The van der Waals surface area contributed by atoms with Gasteiger partial charge in [0.25, 0.3) is 0 Å². The molecule has 7 nitrogen and oxygen atoms in total. The van der Waals surface area contributed by atoms with Crippen LogP contribution in [-0.2, 0) is 11.2 Å². The fourth-order valence-electron chi connectivity index (χ4n) is 2.09. The molecule has 1 atom stereocenters. The summed E-state index contributed by atoms with van der Waals surface area (Å²) in [6.07, 6.45) is 4.46. The molecule has 3 heterocycles. The van der Waals surface area contributed by atoms with Crippen molar-refractivity contribution in [3.8, 4) is 0 Å². The van der Waals surface area contributed by atoms with Crippen molar-refractivity contribution in [1.29, 1.82) is 0 Å². The summed E-state index contributed by atoms with van der Waals surface area (Å²) < 4.78 is 5.19. The quantitative estimate of drug-likeness (QED) is 0.869. The van der Waals surface area contributed by atoms with Gasteiger partial charge in [-0.2, -0.15) is 10.1 Å². The Morgan fingerprint density at radius 2 is 2.50 bits per heavy atom. The molecule has 1 N–H and O–H groups in total. The van der Waals surface area contributed by atoms with E-state index in [1.165, 1.54) is 0 Å². The summed E-state index contributed by atoms with van der Waals surface area (Å²) in [7, 11) is 0. The molecule has 1 saturated heterocycles. The summed E-state index contributed by atoms with van der Waals surface area (Å²) in [5, 5.41) is 10.4. The molecule has 1 unspecified atom stereocenters. The predicted molar refractivity (Wildman–Crippen MR) is 62.0 cm³/mol. The van der Waals surface area contributed by atoms with Crippen LogP contribution in [0.2, 0.25) is 0 Å². The van der Waals surface area contributed by atoms with Gasteiger partial charge in [-0.05, 0) is 0 Å². The van der Waals surface area contributed by atoms with Gasteiger partial charge < -0.3 is 9.42 Å². The molecule has 0 spiro atoms. The van der Waals surface area contributed by atoms with Crippen LogP contribution in [0.3, 0.4) is 0 Å². The number of aromatic nitrogens is 4. The number of rotatable bonds is 3. The first-order chi connectivity index (χ1) is 8.78. The van der Waals surface area contributed by atoms with Crippen molar-refractivity contribution >= 4 is 11.6 Å². The second-order valence-corrected chi connectivity index (χ2v) is 4.26. The van der Waals surface area contributed by atoms with Crippen LogP contribution >= 0.6 is 0 Å². The Bertz CT molecular complexity index is 548. The Balaban J connectivity index is 1.79. The molecule has 2 aromatic rings. The van der Waals surface area contributed by atoms with E-state index in [1.807, 2.05) is 6.92 Å². The number of carbonyl (C=O) groups excluding carboxylic acids is 1. The number of hydrogen-bond donors (Lipinski definition) is 1. The van der Waals surface area contributed by atoms with E-state index in [0.29, 0.717) is 24.7 Å². The first-order valence-corrected chi connectivity index (χ1v) is 5.89. The number of anilines is 1. The molecule has 2 aromatic heterocycles. The first kappa shape index (κ1) is 10.9. The molecule has 0 bridgehead atoms. The summed E-state index contributed by atoms with van der Waals surface area (Å²) in [5.74, 6) is 1.25. The second kappa shape index (κ2) is 4.25. The van der Waals surface area contributed by atoms with Crippen molar-refractivity contribution in [2.45, 2.75) is 25.7 Å². The van der Waals surface area contributed by atoms with Crippen LogP contribution in [0.15, 0.2) is 16.9 Å². The maximum absolute atomic E-state index is 11.9. The highest BCUT2D eigenvalue weighted by atomic mass is 16.5. The molecule has 1 fully saturated rings. The van der Waals surface area contributed by atoms with Gasteiger partial charge in [0.05, 0.1) is 17.8 Å². The minimum absolute atomic E-state index is 0.0276. The fraction of sp³-hybridized carbons (Fsp3) is 0.455. The molecular weight excluding hydrogens is 234 g/mol. The molecule has 0 radical (unpaired) electrons. The van der Waals surface area contributed by atoms with Gasteiger partial charge in [-0.25, -0.2) is 0 Å². The summed E-state index contributed by atoms with van der Waals surface area (Å²) in [4.78, 5) is 17.9. The number of carbonyl (C=O) groups is 1. The number of nitrogens with one attached hydrogen (secondary N) is 1. The van der Waals surface area contributed by atoms with Crippen LogP contribution in [0.5, 0.6) is 0 Å².